The van der Waals surface area contributed by atoms with Gasteiger partial charge >= 0.3 is 0 Å². The highest BCUT2D eigenvalue weighted by atomic mass is 32.2. The molecule has 25 heavy (non-hydrogen) atoms. The topological polar surface area (TPSA) is 72.7 Å². The first-order valence-electron chi connectivity index (χ1n) is 7.91. The number of aryl methyl sites for hydroxylation is 1. The highest BCUT2D eigenvalue weighted by Crippen LogP contribution is 2.16. The number of carbonyl (C=O) groups excluding carboxylic acids is 1. The molecule has 3 aromatic rings. The Morgan fingerprint density at radius 3 is 2.88 bits per heavy atom. The molecule has 0 atom stereocenters. The van der Waals surface area contributed by atoms with Crippen LogP contribution in [-0.2, 0) is 17.1 Å². The molecule has 0 aliphatic rings. The number of thioether (sulfide) groups is 1. The third-order valence-corrected chi connectivity index (χ3v) is 5.19. The van der Waals surface area contributed by atoms with Gasteiger partial charge in [-0.05, 0) is 29.1 Å². The second kappa shape index (κ2) is 8.77. The maximum atomic E-state index is 11.9. The molecule has 3 rings (SSSR count). The highest BCUT2D eigenvalue weighted by Gasteiger charge is 2.09. The predicted octanol–water partition coefficient (Wildman–Crippen LogP) is 2.76. The van der Waals surface area contributed by atoms with Gasteiger partial charge < -0.3 is 5.32 Å². The maximum Gasteiger partial charge on any atom is 0.243 e. The Morgan fingerprint density at radius 1 is 1.28 bits per heavy atom. The number of hydrogen-bond acceptors (Lipinski definition) is 6. The van der Waals surface area contributed by atoms with E-state index in [1.807, 2.05) is 16.8 Å². The second-order valence-electron chi connectivity index (χ2n) is 5.54. The Balaban J connectivity index is 1.35. The molecule has 0 saturated carbocycles. The van der Waals surface area contributed by atoms with E-state index in [1.54, 1.807) is 23.1 Å². The largest absolute Gasteiger partial charge is 0.354 e. The lowest BCUT2D eigenvalue weighted by molar-refractivity contribution is -0.121. The summed E-state index contributed by atoms with van der Waals surface area (Å²) in [6.45, 7) is 2.79. The fourth-order valence-electron chi connectivity index (χ4n) is 2.14. The summed E-state index contributed by atoms with van der Waals surface area (Å²) in [4.78, 5) is 13.3. The minimum Gasteiger partial charge on any atom is -0.354 e. The molecule has 1 amide bonds. The van der Waals surface area contributed by atoms with Crippen molar-refractivity contribution in [3.05, 3.63) is 52.2 Å². The second-order valence-corrected chi connectivity index (χ2v) is 7.43. The zero-order valence-electron chi connectivity index (χ0n) is 13.9. The van der Waals surface area contributed by atoms with Crippen LogP contribution < -0.4 is 5.32 Å². The van der Waals surface area contributed by atoms with Gasteiger partial charge in [0.15, 0.2) is 0 Å². The quantitative estimate of drug-likeness (QED) is 0.615. The van der Waals surface area contributed by atoms with E-state index in [2.05, 4.69) is 51.9 Å². The summed E-state index contributed by atoms with van der Waals surface area (Å²) in [5.41, 5.74) is 3.49. The zero-order chi connectivity index (χ0) is 17.5. The molecule has 0 bridgehead atoms. The average molecular weight is 374 g/mol. The van der Waals surface area contributed by atoms with Crippen LogP contribution in [0.15, 0.2) is 41.1 Å². The summed E-state index contributed by atoms with van der Waals surface area (Å²) in [6, 6.07) is 10.4. The number of nitrogens with zero attached hydrogens (tertiary/aromatic N) is 4. The van der Waals surface area contributed by atoms with Gasteiger partial charge in [-0.25, -0.2) is 0 Å². The van der Waals surface area contributed by atoms with Crippen molar-refractivity contribution in [1.82, 2.24) is 25.5 Å². The summed E-state index contributed by atoms with van der Waals surface area (Å²) in [5, 5.41) is 18.9. The molecule has 0 radical (unpaired) electrons. The minimum absolute atomic E-state index is 0.0831. The van der Waals surface area contributed by atoms with Crippen molar-refractivity contribution in [1.29, 1.82) is 0 Å². The third kappa shape index (κ3) is 5.40. The van der Waals surface area contributed by atoms with Crippen LogP contribution in [0.4, 0.5) is 0 Å². The van der Waals surface area contributed by atoms with Crippen LogP contribution in [0.1, 0.15) is 11.1 Å². The number of aromatic nitrogens is 4. The summed E-state index contributed by atoms with van der Waals surface area (Å²) < 4.78 is 0. The Kier molecular flexibility index (Phi) is 6.19. The average Bonchev–Trinajstić information content (AvgIpc) is 3.27. The van der Waals surface area contributed by atoms with Crippen LogP contribution in [0.3, 0.4) is 0 Å². The number of nitrogens with one attached hydrogen (secondary N) is 1. The van der Waals surface area contributed by atoms with Gasteiger partial charge in [0.2, 0.25) is 11.7 Å². The third-order valence-electron chi connectivity index (χ3n) is 3.48. The molecule has 0 saturated heterocycles. The van der Waals surface area contributed by atoms with Crippen LogP contribution in [-0.4, -0.2) is 38.4 Å². The normalized spacial score (nSPS) is 10.8. The van der Waals surface area contributed by atoms with E-state index in [0.717, 1.165) is 17.1 Å². The molecule has 0 spiro atoms. The zero-order valence-corrected chi connectivity index (χ0v) is 15.5. The van der Waals surface area contributed by atoms with Crippen LogP contribution in [0, 0.1) is 6.92 Å². The number of carbonyl (C=O) groups is 1. The molecule has 1 N–H and O–H groups in total. The number of tetrazole rings is 1. The Morgan fingerprint density at radius 2 is 2.12 bits per heavy atom. The Labute approximate surface area is 154 Å². The lowest BCUT2D eigenvalue weighted by Gasteiger charge is -2.05. The monoisotopic (exact) mass is 373 g/mol. The number of amides is 1. The van der Waals surface area contributed by atoms with Gasteiger partial charge in [-0.2, -0.15) is 27.9 Å². The van der Waals surface area contributed by atoms with Gasteiger partial charge in [0.25, 0.3) is 0 Å². The number of thiophene rings is 1. The smallest absolute Gasteiger partial charge is 0.243 e. The van der Waals surface area contributed by atoms with Crippen molar-refractivity contribution in [3.8, 4) is 11.4 Å². The summed E-state index contributed by atoms with van der Waals surface area (Å²) >= 11 is 3.37. The van der Waals surface area contributed by atoms with Gasteiger partial charge in [-0.3, -0.25) is 4.79 Å². The molecule has 6 nitrogen and oxygen atoms in total. The molecule has 130 valence electrons. The van der Waals surface area contributed by atoms with E-state index in [-0.39, 0.29) is 12.5 Å². The van der Waals surface area contributed by atoms with Gasteiger partial charge in [0, 0.05) is 29.0 Å². The van der Waals surface area contributed by atoms with Crippen molar-refractivity contribution in [2.24, 2.45) is 0 Å². The van der Waals surface area contributed by atoms with Crippen molar-refractivity contribution < 1.29 is 4.79 Å². The lowest BCUT2D eigenvalue weighted by atomic mass is 10.2. The summed E-state index contributed by atoms with van der Waals surface area (Å²) in [5.74, 6) is 2.25. The Hall–Kier alpha value is -2.19. The van der Waals surface area contributed by atoms with Crippen LogP contribution in [0.2, 0.25) is 0 Å². The van der Waals surface area contributed by atoms with E-state index >= 15 is 0 Å². The van der Waals surface area contributed by atoms with Crippen molar-refractivity contribution in [3.63, 3.8) is 0 Å². The molecule has 2 aromatic heterocycles. The van der Waals surface area contributed by atoms with Crippen molar-refractivity contribution >= 4 is 29.0 Å². The SMILES string of the molecule is Cc1ccc(CSCCNC(=O)Cn2nnc(-c3ccsc3)n2)cc1. The van der Waals surface area contributed by atoms with E-state index in [1.165, 1.54) is 15.9 Å². The maximum absolute atomic E-state index is 11.9. The van der Waals surface area contributed by atoms with Crippen LogP contribution in [0.25, 0.3) is 11.4 Å². The molecule has 2 heterocycles. The molecule has 0 fully saturated rings. The first kappa shape index (κ1) is 17.6. The van der Waals surface area contributed by atoms with E-state index in [9.17, 15) is 4.79 Å². The van der Waals surface area contributed by atoms with E-state index in [0.29, 0.717) is 12.4 Å². The predicted molar refractivity (Wildman–Crippen MR) is 101 cm³/mol. The van der Waals surface area contributed by atoms with E-state index in [4.69, 9.17) is 0 Å². The highest BCUT2D eigenvalue weighted by molar-refractivity contribution is 7.98. The number of benzene rings is 1. The van der Waals surface area contributed by atoms with Gasteiger partial charge in [-0.15, -0.1) is 10.2 Å². The molecule has 0 unspecified atom stereocenters. The lowest BCUT2D eigenvalue weighted by Crippen LogP contribution is -2.30. The van der Waals surface area contributed by atoms with Gasteiger partial charge in [-0.1, -0.05) is 29.8 Å². The van der Waals surface area contributed by atoms with Crippen LogP contribution >= 0.6 is 23.1 Å². The molecule has 0 aliphatic heterocycles. The molecular formula is C17H19N5OS2. The number of hydrogen-bond donors (Lipinski definition) is 1. The first-order chi connectivity index (χ1) is 12.2. The fourth-order valence-corrected chi connectivity index (χ4v) is 3.59. The minimum atomic E-state index is -0.106. The van der Waals surface area contributed by atoms with Crippen molar-refractivity contribution in [2.75, 3.05) is 12.3 Å². The molecule has 0 aliphatic carbocycles. The number of rotatable bonds is 8. The Bertz CT molecular complexity index is 799. The van der Waals surface area contributed by atoms with Gasteiger partial charge in [0.05, 0.1) is 0 Å². The summed E-state index contributed by atoms with van der Waals surface area (Å²) in [6.07, 6.45) is 0. The van der Waals surface area contributed by atoms with Gasteiger partial charge in [0.1, 0.15) is 6.54 Å². The van der Waals surface area contributed by atoms with Crippen molar-refractivity contribution in [2.45, 2.75) is 19.2 Å². The fraction of sp³-hybridized carbons (Fsp3) is 0.294. The van der Waals surface area contributed by atoms with E-state index < -0.39 is 0 Å². The first-order valence-corrected chi connectivity index (χ1v) is 10.0. The molecule has 8 heteroatoms. The van der Waals surface area contributed by atoms with Crippen LogP contribution in [0.5, 0.6) is 0 Å². The summed E-state index contributed by atoms with van der Waals surface area (Å²) in [7, 11) is 0. The molecule has 1 aromatic carbocycles. The molecular weight excluding hydrogens is 354 g/mol. The standard InChI is InChI=1S/C17H19N5OS2/c1-13-2-4-14(5-3-13)11-25-9-7-18-16(23)10-22-20-17(19-21-22)15-6-8-24-12-15/h2-6,8,12H,7,9-11H2,1H3,(H,18,23).